The van der Waals surface area contributed by atoms with E-state index in [9.17, 15) is 14.4 Å². The molecule has 0 aromatic heterocycles. The van der Waals surface area contributed by atoms with Crippen LogP contribution in [0.5, 0.6) is 5.75 Å². The second-order valence-electron chi connectivity index (χ2n) is 8.27. The summed E-state index contributed by atoms with van der Waals surface area (Å²) in [4.78, 5) is 39.2. The molecule has 6 nitrogen and oxygen atoms in total. The van der Waals surface area contributed by atoms with Crippen LogP contribution >= 0.6 is 0 Å². The minimum absolute atomic E-state index is 0.0399. The van der Waals surface area contributed by atoms with E-state index in [2.05, 4.69) is 5.32 Å². The summed E-state index contributed by atoms with van der Waals surface area (Å²) in [5.41, 5.74) is 2.67. The van der Waals surface area contributed by atoms with Crippen molar-refractivity contribution in [2.24, 2.45) is 0 Å². The first-order valence-corrected chi connectivity index (χ1v) is 10.3. The maximum absolute atomic E-state index is 12.8. The fourth-order valence-corrected chi connectivity index (χ4v) is 4.34. The highest BCUT2D eigenvalue weighted by molar-refractivity contribution is 6.01. The second kappa shape index (κ2) is 7.94. The summed E-state index contributed by atoms with van der Waals surface area (Å²) in [6.45, 7) is 4.92. The monoisotopic (exact) mass is 406 g/mol. The van der Waals surface area contributed by atoms with E-state index in [0.29, 0.717) is 49.2 Å². The van der Waals surface area contributed by atoms with Crippen LogP contribution in [-0.4, -0.2) is 47.7 Å². The van der Waals surface area contributed by atoms with Crippen LogP contribution in [0.2, 0.25) is 0 Å². The molecule has 2 aromatic rings. The van der Waals surface area contributed by atoms with Crippen molar-refractivity contribution in [2.45, 2.75) is 38.7 Å². The largest absolute Gasteiger partial charge is 0.486 e. The van der Waals surface area contributed by atoms with Crippen molar-refractivity contribution in [2.75, 3.05) is 19.6 Å². The molecular weight excluding hydrogens is 380 g/mol. The predicted molar refractivity (Wildman–Crippen MR) is 113 cm³/mol. The highest BCUT2D eigenvalue weighted by Crippen LogP contribution is 2.41. The quantitative estimate of drug-likeness (QED) is 0.850. The van der Waals surface area contributed by atoms with Crippen molar-refractivity contribution in [1.82, 2.24) is 10.2 Å². The first kappa shape index (κ1) is 20.1. The van der Waals surface area contributed by atoms with Crippen molar-refractivity contribution in [3.63, 3.8) is 0 Å². The molecule has 1 fully saturated rings. The molecule has 0 atom stereocenters. The smallest absolute Gasteiger partial charge is 0.251 e. The summed E-state index contributed by atoms with van der Waals surface area (Å²) < 4.78 is 6.37. The van der Waals surface area contributed by atoms with E-state index in [-0.39, 0.29) is 24.1 Å². The first-order chi connectivity index (χ1) is 14.4. The molecule has 0 unspecified atom stereocenters. The molecule has 156 valence electrons. The molecule has 30 heavy (non-hydrogen) atoms. The van der Waals surface area contributed by atoms with Gasteiger partial charge in [-0.25, -0.2) is 0 Å². The Bertz CT molecular complexity index is 992. The number of likely N-dealkylation sites (tertiary alicyclic amines) is 1. The van der Waals surface area contributed by atoms with E-state index in [1.165, 1.54) is 0 Å². The van der Waals surface area contributed by atoms with Gasteiger partial charge in [0.15, 0.2) is 5.78 Å². The van der Waals surface area contributed by atoms with Gasteiger partial charge in [-0.1, -0.05) is 24.3 Å². The van der Waals surface area contributed by atoms with Crippen molar-refractivity contribution in [1.29, 1.82) is 0 Å². The van der Waals surface area contributed by atoms with E-state index in [1.54, 1.807) is 29.2 Å². The number of nitrogens with one attached hydrogen (secondary N) is 1. The summed E-state index contributed by atoms with van der Waals surface area (Å²) in [7, 11) is 0. The molecule has 6 heteroatoms. The molecule has 1 N–H and O–H groups in total. The van der Waals surface area contributed by atoms with Crippen LogP contribution < -0.4 is 10.1 Å². The van der Waals surface area contributed by atoms with Crippen LogP contribution in [0.25, 0.3) is 0 Å². The summed E-state index contributed by atoms with van der Waals surface area (Å²) >= 11 is 0. The zero-order valence-electron chi connectivity index (χ0n) is 17.4. The summed E-state index contributed by atoms with van der Waals surface area (Å²) in [5.74, 6) is 0.411. The van der Waals surface area contributed by atoms with Crippen LogP contribution in [0.3, 0.4) is 0 Å². The Morgan fingerprint density at radius 3 is 2.50 bits per heavy atom. The first-order valence-electron chi connectivity index (χ1n) is 10.3. The molecule has 2 aliphatic heterocycles. The van der Waals surface area contributed by atoms with Gasteiger partial charge in [-0.05, 0) is 43.2 Å². The maximum Gasteiger partial charge on any atom is 0.251 e. The number of benzene rings is 2. The van der Waals surface area contributed by atoms with E-state index < -0.39 is 5.60 Å². The molecular formula is C24H26N2O4. The van der Waals surface area contributed by atoms with Gasteiger partial charge < -0.3 is 15.0 Å². The lowest BCUT2D eigenvalue weighted by molar-refractivity contribution is -0.133. The zero-order chi connectivity index (χ0) is 21.3. The van der Waals surface area contributed by atoms with Gasteiger partial charge in [0.2, 0.25) is 5.91 Å². The van der Waals surface area contributed by atoms with Crippen LogP contribution in [0.4, 0.5) is 0 Å². The SMILES string of the molecule is Cc1cc(C)c2c(c1)C(=O)CC1(CCN(C(=O)CNC(=O)c3ccccc3)CC1)O2. The Morgan fingerprint density at radius 2 is 1.80 bits per heavy atom. The molecule has 1 saturated heterocycles. The van der Waals surface area contributed by atoms with Gasteiger partial charge in [-0.2, -0.15) is 0 Å². The Balaban J connectivity index is 1.36. The minimum atomic E-state index is -0.547. The van der Waals surface area contributed by atoms with Gasteiger partial charge in [-0.3, -0.25) is 14.4 Å². The molecule has 2 aromatic carbocycles. The van der Waals surface area contributed by atoms with Crippen LogP contribution in [0.1, 0.15) is 51.1 Å². The number of rotatable bonds is 3. The van der Waals surface area contributed by atoms with Crippen LogP contribution in [-0.2, 0) is 4.79 Å². The van der Waals surface area contributed by atoms with Gasteiger partial charge in [0, 0.05) is 31.5 Å². The Hall–Kier alpha value is -3.15. The highest BCUT2D eigenvalue weighted by Gasteiger charge is 2.44. The molecule has 0 bridgehead atoms. The molecule has 0 radical (unpaired) electrons. The lowest BCUT2D eigenvalue weighted by Crippen LogP contribution is -2.53. The normalized spacial score (nSPS) is 17.3. The average molecular weight is 406 g/mol. The number of Topliss-reactive ketones (excluding diaryl/α,β-unsaturated/α-hetero) is 1. The molecule has 4 rings (SSSR count). The second-order valence-corrected chi connectivity index (χ2v) is 8.27. The zero-order valence-corrected chi connectivity index (χ0v) is 17.4. The van der Waals surface area contributed by atoms with E-state index in [1.807, 2.05) is 32.0 Å². The molecule has 1 spiro atoms. The van der Waals surface area contributed by atoms with E-state index in [4.69, 9.17) is 4.74 Å². The van der Waals surface area contributed by atoms with Gasteiger partial charge in [0.25, 0.3) is 5.91 Å². The van der Waals surface area contributed by atoms with Crippen molar-refractivity contribution < 1.29 is 19.1 Å². The number of amides is 2. The van der Waals surface area contributed by atoms with Crippen molar-refractivity contribution in [3.05, 3.63) is 64.7 Å². The fourth-order valence-electron chi connectivity index (χ4n) is 4.34. The number of ketones is 1. The molecule has 2 aliphatic rings. The topological polar surface area (TPSA) is 75.7 Å². The fraction of sp³-hybridized carbons (Fsp3) is 0.375. The molecule has 2 amide bonds. The van der Waals surface area contributed by atoms with Gasteiger partial charge >= 0.3 is 0 Å². The third-order valence-electron chi connectivity index (χ3n) is 5.98. The number of carbonyl (C=O) groups is 3. The van der Waals surface area contributed by atoms with Crippen LogP contribution in [0, 0.1) is 13.8 Å². The number of aryl methyl sites for hydroxylation is 2. The Kier molecular flexibility index (Phi) is 5.33. The maximum atomic E-state index is 12.8. The number of ether oxygens (including phenoxy) is 1. The average Bonchev–Trinajstić information content (AvgIpc) is 2.74. The summed E-state index contributed by atoms with van der Waals surface area (Å²) in [6.07, 6.45) is 1.55. The number of hydrogen-bond donors (Lipinski definition) is 1. The van der Waals surface area contributed by atoms with Crippen molar-refractivity contribution >= 4 is 17.6 Å². The third kappa shape index (κ3) is 3.95. The number of nitrogens with zero attached hydrogens (tertiary/aromatic N) is 1. The predicted octanol–water partition coefficient (Wildman–Crippen LogP) is 3.06. The standard InChI is InChI=1S/C24H26N2O4/c1-16-12-17(2)22-19(13-16)20(27)14-24(30-22)8-10-26(11-9-24)21(28)15-25-23(29)18-6-4-3-5-7-18/h3-7,12-13H,8-11,14-15H2,1-2H3,(H,25,29). The third-order valence-corrected chi connectivity index (χ3v) is 5.98. The molecule has 0 aliphatic carbocycles. The Labute approximate surface area is 176 Å². The number of hydrogen-bond acceptors (Lipinski definition) is 4. The number of fused-ring (bicyclic) bond motifs is 1. The van der Waals surface area contributed by atoms with Crippen LogP contribution in [0.15, 0.2) is 42.5 Å². The lowest BCUT2D eigenvalue weighted by atomic mass is 9.81. The van der Waals surface area contributed by atoms with E-state index >= 15 is 0 Å². The van der Waals surface area contributed by atoms with E-state index in [0.717, 1.165) is 11.1 Å². The summed E-state index contributed by atoms with van der Waals surface area (Å²) in [6, 6.07) is 12.8. The molecule has 0 saturated carbocycles. The van der Waals surface area contributed by atoms with Gasteiger partial charge in [-0.15, -0.1) is 0 Å². The van der Waals surface area contributed by atoms with Gasteiger partial charge in [0.1, 0.15) is 11.4 Å². The highest BCUT2D eigenvalue weighted by atomic mass is 16.5. The molecule has 2 heterocycles. The Morgan fingerprint density at radius 1 is 1.10 bits per heavy atom. The number of piperidine rings is 1. The van der Waals surface area contributed by atoms with Gasteiger partial charge in [0.05, 0.1) is 18.5 Å². The minimum Gasteiger partial charge on any atom is -0.486 e. The summed E-state index contributed by atoms with van der Waals surface area (Å²) in [5, 5.41) is 2.68. The lowest BCUT2D eigenvalue weighted by Gasteiger charge is -2.44. The van der Waals surface area contributed by atoms with Crippen molar-refractivity contribution in [3.8, 4) is 5.75 Å². The number of carbonyl (C=O) groups excluding carboxylic acids is 3.